The van der Waals surface area contributed by atoms with Gasteiger partial charge in [-0.15, -0.1) is 11.3 Å². The van der Waals surface area contributed by atoms with Crippen LogP contribution in [0.4, 0.5) is 30.7 Å². The summed E-state index contributed by atoms with van der Waals surface area (Å²) in [7, 11) is -4.48. The van der Waals surface area contributed by atoms with Crippen molar-refractivity contribution < 1.29 is 39.2 Å². The second-order valence-electron chi connectivity index (χ2n) is 7.12. The van der Waals surface area contributed by atoms with E-state index in [0.717, 1.165) is 29.5 Å². The molecule has 2 N–H and O–H groups in total. The van der Waals surface area contributed by atoms with Gasteiger partial charge in [0, 0.05) is 22.6 Å². The number of halogens is 7. The van der Waals surface area contributed by atoms with E-state index in [0.29, 0.717) is 28.9 Å². The zero-order valence-corrected chi connectivity index (χ0v) is 18.5. The molecule has 2 aromatic heterocycles. The number of nitrogens with zero attached hydrogens (tertiary/aromatic N) is 3. The highest BCUT2D eigenvalue weighted by molar-refractivity contribution is 7.89. The lowest BCUT2D eigenvalue weighted by Crippen LogP contribution is -2.14. The first kappa shape index (κ1) is 24.8. The van der Waals surface area contributed by atoms with Gasteiger partial charge in [0.25, 0.3) is 0 Å². The molecule has 2 heterocycles. The van der Waals surface area contributed by atoms with Gasteiger partial charge in [0.2, 0.25) is 10.0 Å². The van der Waals surface area contributed by atoms with Gasteiger partial charge in [-0.3, -0.25) is 0 Å². The van der Waals surface area contributed by atoms with Crippen LogP contribution in [0.2, 0.25) is 0 Å². The highest BCUT2D eigenvalue weighted by atomic mass is 32.2. The maximum Gasteiger partial charge on any atom is 0.435 e. The Labute approximate surface area is 196 Å². The van der Waals surface area contributed by atoms with Gasteiger partial charge >= 0.3 is 12.4 Å². The van der Waals surface area contributed by atoms with E-state index in [-0.39, 0.29) is 22.5 Å². The highest BCUT2D eigenvalue weighted by Crippen LogP contribution is 2.41. The Bertz CT molecular complexity index is 1510. The molecule has 0 aliphatic rings. The first-order valence-corrected chi connectivity index (χ1v) is 11.8. The SMILES string of the molecule is NS(=O)(=O)c1ccc(-n2nc(C(F)(F)F)cc2-c2ccc(-c3cscn3)c(C(F)(F)F)c2)cc1F. The maximum atomic E-state index is 14.4. The summed E-state index contributed by atoms with van der Waals surface area (Å²) in [5.41, 5.74) is -2.68. The number of rotatable bonds is 4. The van der Waals surface area contributed by atoms with Crippen molar-refractivity contribution in [2.75, 3.05) is 0 Å². The summed E-state index contributed by atoms with van der Waals surface area (Å²) >= 11 is 1.06. The summed E-state index contributed by atoms with van der Waals surface area (Å²) in [6, 6.07) is 5.54. The average Bonchev–Trinajstić information content (AvgIpc) is 3.42. The number of benzene rings is 2. The van der Waals surface area contributed by atoms with Crippen LogP contribution < -0.4 is 5.14 Å². The molecule has 0 saturated carbocycles. The third kappa shape index (κ3) is 4.92. The number of aromatic nitrogens is 3. The Morgan fingerprint density at radius 3 is 2.20 bits per heavy atom. The van der Waals surface area contributed by atoms with Gasteiger partial charge in [-0.1, -0.05) is 12.1 Å². The molecule has 0 atom stereocenters. The predicted octanol–water partition coefficient (Wildman–Crippen LogP) is 5.49. The van der Waals surface area contributed by atoms with Crippen LogP contribution in [0.25, 0.3) is 28.2 Å². The van der Waals surface area contributed by atoms with Crippen molar-refractivity contribution in [1.82, 2.24) is 14.8 Å². The largest absolute Gasteiger partial charge is 0.435 e. The van der Waals surface area contributed by atoms with Gasteiger partial charge in [0.15, 0.2) is 5.69 Å². The quantitative estimate of drug-likeness (QED) is 0.350. The van der Waals surface area contributed by atoms with Crippen molar-refractivity contribution in [3.05, 3.63) is 70.4 Å². The van der Waals surface area contributed by atoms with E-state index in [1.807, 2.05) is 0 Å². The molecule has 0 radical (unpaired) electrons. The molecule has 6 nitrogen and oxygen atoms in total. The summed E-state index contributed by atoms with van der Waals surface area (Å²) in [6.45, 7) is 0. The molecular formula is C20H11F7N4O2S2. The van der Waals surface area contributed by atoms with Gasteiger partial charge < -0.3 is 0 Å². The Kier molecular flexibility index (Phi) is 5.97. The van der Waals surface area contributed by atoms with Crippen LogP contribution in [0.1, 0.15) is 11.3 Å². The van der Waals surface area contributed by atoms with Crippen LogP contribution in [-0.2, 0) is 22.4 Å². The Hall–Kier alpha value is -3.30. The molecule has 0 bridgehead atoms. The summed E-state index contributed by atoms with van der Waals surface area (Å²) in [5.74, 6) is -1.38. The van der Waals surface area contributed by atoms with Crippen molar-refractivity contribution >= 4 is 21.4 Å². The molecule has 184 valence electrons. The van der Waals surface area contributed by atoms with Crippen LogP contribution >= 0.6 is 11.3 Å². The summed E-state index contributed by atoms with van der Waals surface area (Å²) in [4.78, 5) is 2.94. The van der Waals surface area contributed by atoms with E-state index in [1.54, 1.807) is 0 Å². The zero-order valence-electron chi connectivity index (χ0n) is 16.9. The molecule has 0 fully saturated rings. The molecule has 35 heavy (non-hydrogen) atoms. The second-order valence-corrected chi connectivity index (χ2v) is 9.36. The van der Waals surface area contributed by atoms with Crippen molar-refractivity contribution in [2.45, 2.75) is 17.2 Å². The third-order valence-electron chi connectivity index (χ3n) is 4.80. The topological polar surface area (TPSA) is 90.9 Å². The molecule has 15 heteroatoms. The fourth-order valence-electron chi connectivity index (χ4n) is 3.28. The summed E-state index contributed by atoms with van der Waals surface area (Å²) in [5, 5.41) is 9.65. The smallest absolute Gasteiger partial charge is 0.245 e. The Morgan fingerprint density at radius 2 is 1.66 bits per heavy atom. The van der Waals surface area contributed by atoms with Crippen LogP contribution in [-0.4, -0.2) is 23.2 Å². The number of alkyl halides is 6. The maximum absolute atomic E-state index is 14.4. The minimum absolute atomic E-state index is 0.0269. The molecule has 4 aromatic rings. The minimum atomic E-state index is -4.98. The lowest BCUT2D eigenvalue weighted by atomic mass is 9.99. The van der Waals surface area contributed by atoms with Crippen LogP contribution in [0.15, 0.2) is 58.3 Å². The van der Waals surface area contributed by atoms with E-state index in [9.17, 15) is 39.2 Å². The van der Waals surface area contributed by atoms with Crippen LogP contribution in [0, 0.1) is 5.82 Å². The van der Waals surface area contributed by atoms with E-state index in [2.05, 4.69) is 10.1 Å². The van der Waals surface area contributed by atoms with Crippen molar-refractivity contribution in [1.29, 1.82) is 0 Å². The van der Waals surface area contributed by atoms with E-state index < -0.39 is 50.0 Å². The zero-order chi connectivity index (χ0) is 25.8. The molecule has 0 aliphatic heterocycles. The Morgan fingerprint density at radius 1 is 0.943 bits per heavy atom. The predicted molar refractivity (Wildman–Crippen MR) is 111 cm³/mol. The summed E-state index contributed by atoms with van der Waals surface area (Å²) < 4.78 is 119. The monoisotopic (exact) mass is 536 g/mol. The molecular weight excluding hydrogens is 525 g/mol. The molecule has 0 aliphatic carbocycles. The number of sulfonamides is 1. The number of nitrogens with two attached hydrogens (primary N) is 1. The van der Waals surface area contributed by atoms with Gasteiger partial charge in [-0.05, 0) is 24.3 Å². The molecule has 0 amide bonds. The molecule has 0 unspecified atom stereocenters. The summed E-state index contributed by atoms with van der Waals surface area (Å²) in [6.07, 6.45) is -9.86. The Balaban J connectivity index is 1.94. The standard InChI is InChI=1S/C20H11F7N4O2S2/c21-14-6-11(2-4-17(14)35(28,32)33)31-16(7-18(30-31)20(25,26)27)10-1-3-12(15-8-34-9-29-15)13(5-10)19(22,23)24/h1-9H,(H2,28,32,33). The fourth-order valence-corrected chi connectivity index (χ4v) is 4.42. The van der Waals surface area contributed by atoms with Crippen molar-refractivity contribution in [3.8, 4) is 28.2 Å². The first-order chi connectivity index (χ1) is 16.2. The molecule has 4 rings (SSSR count). The van der Waals surface area contributed by atoms with E-state index in [1.165, 1.54) is 10.9 Å². The van der Waals surface area contributed by atoms with Gasteiger partial charge in [0.05, 0.1) is 28.1 Å². The third-order valence-corrected chi connectivity index (χ3v) is 6.33. The molecule has 0 spiro atoms. The van der Waals surface area contributed by atoms with Gasteiger partial charge in [0.1, 0.15) is 10.7 Å². The van der Waals surface area contributed by atoms with Crippen molar-refractivity contribution in [3.63, 3.8) is 0 Å². The van der Waals surface area contributed by atoms with Crippen molar-refractivity contribution in [2.24, 2.45) is 5.14 Å². The number of thiazole rings is 1. The average molecular weight is 536 g/mol. The normalized spacial score (nSPS) is 12.8. The molecule has 2 aromatic carbocycles. The van der Waals surface area contributed by atoms with Crippen LogP contribution in [0.3, 0.4) is 0 Å². The minimum Gasteiger partial charge on any atom is -0.245 e. The van der Waals surface area contributed by atoms with Crippen LogP contribution in [0.5, 0.6) is 0 Å². The lowest BCUT2D eigenvalue weighted by Gasteiger charge is -2.14. The number of primary sulfonamides is 1. The fraction of sp³-hybridized carbons (Fsp3) is 0.100. The lowest BCUT2D eigenvalue weighted by molar-refractivity contribution is -0.141. The molecule has 0 saturated heterocycles. The number of hydrogen-bond donors (Lipinski definition) is 1. The highest BCUT2D eigenvalue weighted by Gasteiger charge is 2.37. The van der Waals surface area contributed by atoms with Gasteiger partial charge in [-0.2, -0.15) is 31.4 Å². The second kappa shape index (κ2) is 8.42. The first-order valence-electron chi connectivity index (χ1n) is 9.26. The van der Waals surface area contributed by atoms with E-state index in [4.69, 9.17) is 5.14 Å². The number of hydrogen-bond acceptors (Lipinski definition) is 5. The van der Waals surface area contributed by atoms with Gasteiger partial charge in [-0.25, -0.2) is 27.6 Å². The van der Waals surface area contributed by atoms with E-state index >= 15 is 0 Å².